The van der Waals surface area contributed by atoms with Crippen LogP contribution in [0.4, 0.5) is 15.9 Å². The van der Waals surface area contributed by atoms with Gasteiger partial charge in [0.05, 0.1) is 6.20 Å². The second-order valence-corrected chi connectivity index (χ2v) is 6.75. The third kappa shape index (κ3) is 2.61. The molecule has 1 unspecified atom stereocenters. The first kappa shape index (κ1) is 14.3. The van der Waals surface area contributed by atoms with E-state index in [1.165, 1.54) is 16.7 Å². The first-order chi connectivity index (χ1) is 11.2. The van der Waals surface area contributed by atoms with Crippen molar-refractivity contribution in [2.24, 2.45) is 0 Å². The van der Waals surface area contributed by atoms with Gasteiger partial charge in [0.2, 0.25) is 0 Å². The maximum absolute atomic E-state index is 13.9. The van der Waals surface area contributed by atoms with Crippen LogP contribution in [0.25, 0.3) is 10.8 Å². The fourth-order valence-corrected chi connectivity index (χ4v) is 4.24. The van der Waals surface area contributed by atoms with Crippen molar-refractivity contribution >= 4 is 34.0 Å². The quantitative estimate of drug-likeness (QED) is 0.707. The van der Waals surface area contributed by atoms with Gasteiger partial charge in [-0.15, -0.1) is 11.8 Å². The molecule has 2 aromatic carbocycles. The van der Waals surface area contributed by atoms with Crippen molar-refractivity contribution in [2.75, 3.05) is 23.3 Å². The van der Waals surface area contributed by atoms with Crippen LogP contribution in [0.2, 0.25) is 0 Å². The summed E-state index contributed by atoms with van der Waals surface area (Å²) in [6.45, 7) is 0.780. The molecule has 0 amide bonds. The minimum Gasteiger partial charge on any atom is -0.399 e. The number of hydrogen-bond donors (Lipinski definition) is 2. The van der Waals surface area contributed by atoms with Crippen molar-refractivity contribution in [2.45, 2.75) is 10.8 Å². The van der Waals surface area contributed by atoms with E-state index < -0.39 is 0 Å². The molecule has 0 radical (unpaired) electrons. The SMILES string of the molecule is Nc1ccc2c(NCC3CSc4ccccc43)ncc(F)c2c1. The zero-order chi connectivity index (χ0) is 15.8. The third-order valence-corrected chi connectivity index (χ3v) is 5.43. The lowest BCUT2D eigenvalue weighted by atomic mass is 10.0. The Morgan fingerprint density at radius 3 is 3.00 bits per heavy atom. The number of fused-ring (bicyclic) bond motifs is 2. The van der Waals surface area contributed by atoms with Crippen LogP contribution in [-0.4, -0.2) is 17.3 Å². The molecule has 0 fully saturated rings. The molecular weight excluding hydrogens is 309 g/mol. The normalized spacial score (nSPS) is 16.5. The average Bonchev–Trinajstić information content (AvgIpc) is 2.98. The Bertz CT molecular complexity index is 881. The topological polar surface area (TPSA) is 50.9 Å². The predicted octanol–water partition coefficient (Wildman–Crippen LogP) is 4.26. The smallest absolute Gasteiger partial charge is 0.149 e. The van der Waals surface area contributed by atoms with Crippen LogP contribution in [-0.2, 0) is 0 Å². The summed E-state index contributed by atoms with van der Waals surface area (Å²) in [5, 5.41) is 4.65. The summed E-state index contributed by atoms with van der Waals surface area (Å²) in [5.41, 5.74) is 7.69. The van der Waals surface area contributed by atoms with Crippen LogP contribution in [0.5, 0.6) is 0 Å². The first-order valence-corrected chi connectivity index (χ1v) is 8.50. The molecule has 3 aromatic rings. The van der Waals surface area contributed by atoms with Gasteiger partial charge in [-0.2, -0.15) is 0 Å². The van der Waals surface area contributed by atoms with Gasteiger partial charge in [-0.3, -0.25) is 0 Å². The Hall–Kier alpha value is -2.27. The maximum Gasteiger partial charge on any atom is 0.149 e. The molecule has 1 aliphatic heterocycles. The number of nitrogens with one attached hydrogen (secondary N) is 1. The number of nitrogens with zero attached hydrogens (tertiary/aromatic N) is 1. The zero-order valence-electron chi connectivity index (χ0n) is 12.4. The second kappa shape index (κ2) is 5.74. The number of benzene rings is 2. The summed E-state index contributed by atoms with van der Waals surface area (Å²) < 4.78 is 13.9. The van der Waals surface area contributed by atoms with Crippen molar-refractivity contribution in [1.29, 1.82) is 0 Å². The molecule has 1 aromatic heterocycles. The van der Waals surface area contributed by atoms with E-state index >= 15 is 0 Å². The molecule has 4 rings (SSSR count). The highest BCUT2D eigenvalue weighted by molar-refractivity contribution is 7.99. The van der Waals surface area contributed by atoms with Gasteiger partial charge in [-0.05, 0) is 29.8 Å². The lowest BCUT2D eigenvalue weighted by Gasteiger charge is -2.14. The molecule has 1 atom stereocenters. The minimum atomic E-state index is -0.348. The summed E-state index contributed by atoms with van der Waals surface area (Å²) in [7, 11) is 0. The summed E-state index contributed by atoms with van der Waals surface area (Å²) in [6, 6.07) is 13.7. The lowest BCUT2D eigenvalue weighted by molar-refractivity contribution is 0.634. The third-order valence-electron chi connectivity index (χ3n) is 4.18. The van der Waals surface area contributed by atoms with Gasteiger partial charge >= 0.3 is 0 Å². The number of hydrogen-bond acceptors (Lipinski definition) is 4. The molecular formula is C18H16FN3S. The Balaban J connectivity index is 1.61. The van der Waals surface area contributed by atoms with Crippen LogP contribution in [0, 0.1) is 5.82 Å². The number of pyridine rings is 1. The van der Waals surface area contributed by atoms with Gasteiger partial charge < -0.3 is 11.1 Å². The number of nitrogens with two attached hydrogens (primary N) is 1. The molecule has 0 saturated heterocycles. The minimum absolute atomic E-state index is 0.348. The Morgan fingerprint density at radius 2 is 2.09 bits per heavy atom. The standard InChI is InChI=1S/C18H16FN3S/c19-16-9-22-18(14-6-5-12(20)7-15(14)16)21-8-11-10-23-17-4-2-1-3-13(11)17/h1-7,9,11H,8,10,20H2,(H,21,22). The molecule has 0 aliphatic carbocycles. The summed E-state index contributed by atoms with van der Waals surface area (Å²) in [6.07, 6.45) is 1.25. The predicted molar refractivity (Wildman–Crippen MR) is 94.5 cm³/mol. The van der Waals surface area contributed by atoms with E-state index in [0.717, 1.165) is 17.7 Å². The number of nitrogen functional groups attached to an aromatic ring is 1. The first-order valence-electron chi connectivity index (χ1n) is 7.52. The van der Waals surface area contributed by atoms with Crippen LogP contribution in [0.3, 0.4) is 0 Å². The largest absolute Gasteiger partial charge is 0.399 e. The monoisotopic (exact) mass is 325 g/mol. The van der Waals surface area contributed by atoms with Crippen molar-refractivity contribution in [1.82, 2.24) is 4.98 Å². The van der Waals surface area contributed by atoms with E-state index in [9.17, 15) is 4.39 Å². The van der Waals surface area contributed by atoms with Crippen LogP contribution < -0.4 is 11.1 Å². The lowest BCUT2D eigenvalue weighted by Crippen LogP contribution is -2.13. The Morgan fingerprint density at radius 1 is 1.22 bits per heavy atom. The van der Waals surface area contributed by atoms with Crippen LogP contribution >= 0.6 is 11.8 Å². The van der Waals surface area contributed by atoms with Gasteiger partial charge in [-0.1, -0.05) is 18.2 Å². The number of aromatic nitrogens is 1. The molecule has 0 spiro atoms. The van der Waals surface area contributed by atoms with Gasteiger partial charge in [0, 0.05) is 39.6 Å². The maximum atomic E-state index is 13.9. The van der Waals surface area contributed by atoms with Gasteiger partial charge in [0.15, 0.2) is 0 Å². The van der Waals surface area contributed by atoms with E-state index in [2.05, 4.69) is 34.6 Å². The number of halogens is 1. The summed E-state index contributed by atoms with van der Waals surface area (Å²) in [4.78, 5) is 5.57. The van der Waals surface area contributed by atoms with Gasteiger partial charge in [0.1, 0.15) is 11.6 Å². The molecule has 0 bridgehead atoms. The van der Waals surface area contributed by atoms with E-state index in [1.807, 2.05) is 17.8 Å². The Kier molecular flexibility index (Phi) is 3.58. The average molecular weight is 325 g/mol. The van der Waals surface area contributed by atoms with E-state index in [0.29, 0.717) is 22.8 Å². The molecule has 5 heteroatoms. The number of rotatable bonds is 3. The summed E-state index contributed by atoms with van der Waals surface area (Å²) in [5.74, 6) is 1.85. The fraction of sp³-hybridized carbons (Fsp3) is 0.167. The fourth-order valence-electron chi connectivity index (χ4n) is 2.99. The Labute approximate surface area is 138 Å². The van der Waals surface area contributed by atoms with Crippen molar-refractivity contribution < 1.29 is 4.39 Å². The van der Waals surface area contributed by atoms with E-state index in [1.54, 1.807) is 12.1 Å². The number of thioether (sulfide) groups is 1. The molecule has 1 aliphatic rings. The zero-order valence-corrected chi connectivity index (χ0v) is 13.2. The highest BCUT2D eigenvalue weighted by atomic mass is 32.2. The molecule has 3 N–H and O–H groups in total. The van der Waals surface area contributed by atoms with Gasteiger partial charge in [-0.25, -0.2) is 9.37 Å². The number of anilines is 2. The van der Waals surface area contributed by atoms with Crippen molar-refractivity contribution in [3.63, 3.8) is 0 Å². The molecule has 116 valence electrons. The van der Waals surface area contributed by atoms with Crippen molar-refractivity contribution in [3.05, 3.63) is 60.0 Å². The van der Waals surface area contributed by atoms with E-state index in [4.69, 9.17) is 5.73 Å². The van der Waals surface area contributed by atoms with Crippen LogP contribution in [0.1, 0.15) is 11.5 Å². The molecule has 0 saturated carbocycles. The van der Waals surface area contributed by atoms with Crippen LogP contribution in [0.15, 0.2) is 53.6 Å². The van der Waals surface area contributed by atoms with Crippen molar-refractivity contribution in [3.8, 4) is 0 Å². The highest BCUT2D eigenvalue weighted by Crippen LogP contribution is 2.39. The molecule has 23 heavy (non-hydrogen) atoms. The van der Waals surface area contributed by atoms with E-state index in [-0.39, 0.29) is 5.82 Å². The molecule has 2 heterocycles. The molecule has 3 nitrogen and oxygen atoms in total. The van der Waals surface area contributed by atoms with Gasteiger partial charge in [0.25, 0.3) is 0 Å². The summed E-state index contributed by atoms with van der Waals surface area (Å²) >= 11 is 1.88. The second-order valence-electron chi connectivity index (χ2n) is 5.69. The highest BCUT2D eigenvalue weighted by Gasteiger charge is 2.22.